The molecule has 242 valence electrons. The van der Waals surface area contributed by atoms with E-state index in [-0.39, 0.29) is 37.8 Å². The van der Waals surface area contributed by atoms with Crippen LogP contribution in [0.4, 0.5) is 8.78 Å². The van der Waals surface area contributed by atoms with Crippen LogP contribution in [-0.4, -0.2) is 53.3 Å². The van der Waals surface area contributed by atoms with E-state index in [0.717, 1.165) is 21.4 Å². The third-order valence-electron chi connectivity index (χ3n) is 7.13. The van der Waals surface area contributed by atoms with Crippen LogP contribution in [0, 0.1) is 5.92 Å². The molecule has 2 bridgehead atoms. The molecule has 0 unspecified atom stereocenters. The molecule has 46 heavy (non-hydrogen) atoms. The van der Waals surface area contributed by atoms with E-state index in [4.69, 9.17) is 32.7 Å². The molecule has 1 saturated carbocycles. The average molecular weight is 674 g/mol. The Kier molecular flexibility index (Phi) is 12.6. The number of benzene rings is 3. The lowest BCUT2D eigenvalue weighted by Gasteiger charge is -2.48. The summed E-state index contributed by atoms with van der Waals surface area (Å²) in [5.74, 6) is -2.85. The number of fused-ring (bicyclic) bond motifs is 2. The highest BCUT2D eigenvalue weighted by Crippen LogP contribution is 2.48. The lowest BCUT2D eigenvalue weighted by molar-refractivity contribution is -0.180. The summed E-state index contributed by atoms with van der Waals surface area (Å²) in [5.41, 5.74) is -0.358. The van der Waals surface area contributed by atoms with Gasteiger partial charge in [0.05, 0.1) is 37.4 Å². The molecule has 12 heteroatoms. The number of carbonyl (C=O) groups is 4. The highest BCUT2D eigenvalue weighted by atomic mass is 35.5. The van der Waals surface area contributed by atoms with Gasteiger partial charge in [0.15, 0.2) is 11.5 Å². The van der Waals surface area contributed by atoms with Crippen molar-refractivity contribution in [1.82, 2.24) is 9.80 Å². The number of imide groups is 2. The number of ether oxygens (including phenoxy) is 2. The molecular formula is C34H32Cl2F2N2O6. The van der Waals surface area contributed by atoms with E-state index in [9.17, 15) is 28.0 Å². The van der Waals surface area contributed by atoms with Crippen molar-refractivity contribution in [2.45, 2.75) is 31.6 Å². The van der Waals surface area contributed by atoms with Gasteiger partial charge in [-0.1, -0.05) is 72.8 Å². The number of amides is 4. The zero-order valence-electron chi connectivity index (χ0n) is 25.2. The number of rotatable bonds is 8. The van der Waals surface area contributed by atoms with Crippen LogP contribution in [0.5, 0.6) is 11.5 Å². The average Bonchev–Trinajstić information content (AvgIpc) is 3.05. The second kappa shape index (κ2) is 16.1. The standard InChI is InChI=1S/2C14H14FNO3.C6H4Cl2/c1-19-11-4-2-9(3-5-11)8-16-12(17)10-6-14(15,7-10)13(16)18;1-4-13(17)16(14(18)10(2)15)9-11-5-7-12(19-3)8-6-11;7-5-3-1-2-4-6(5)8/h2-5,10H,6-8H2,1H3;4-8H,1-2,9H2,3H3;1-4H. The first-order valence-electron chi connectivity index (χ1n) is 13.9. The number of halogens is 4. The number of hydrogen-bond donors (Lipinski definition) is 0. The first-order chi connectivity index (χ1) is 21.8. The van der Waals surface area contributed by atoms with Gasteiger partial charge >= 0.3 is 0 Å². The van der Waals surface area contributed by atoms with Crippen LogP contribution in [-0.2, 0) is 32.3 Å². The van der Waals surface area contributed by atoms with Crippen molar-refractivity contribution in [3.63, 3.8) is 0 Å². The summed E-state index contributed by atoms with van der Waals surface area (Å²) >= 11 is 11.2. The van der Waals surface area contributed by atoms with Crippen molar-refractivity contribution < 1.29 is 37.4 Å². The molecule has 3 aromatic carbocycles. The monoisotopic (exact) mass is 672 g/mol. The van der Waals surface area contributed by atoms with E-state index in [1.807, 2.05) is 12.1 Å². The summed E-state index contributed by atoms with van der Waals surface area (Å²) in [6, 6.07) is 20.9. The molecule has 1 aliphatic carbocycles. The predicted molar refractivity (Wildman–Crippen MR) is 171 cm³/mol. The second-order valence-electron chi connectivity index (χ2n) is 10.2. The molecule has 6 rings (SSSR count). The lowest BCUT2D eigenvalue weighted by Crippen LogP contribution is -2.65. The van der Waals surface area contributed by atoms with Crippen molar-refractivity contribution in [2.24, 2.45) is 5.92 Å². The van der Waals surface area contributed by atoms with Gasteiger partial charge < -0.3 is 9.47 Å². The quantitative estimate of drug-likeness (QED) is 0.191. The summed E-state index contributed by atoms with van der Waals surface area (Å²) in [6.07, 6.45) is 1.07. The second-order valence-corrected chi connectivity index (χ2v) is 11.1. The minimum absolute atomic E-state index is 0.0589. The topological polar surface area (TPSA) is 93.2 Å². The van der Waals surface area contributed by atoms with E-state index in [1.54, 1.807) is 67.8 Å². The Labute approximate surface area is 275 Å². The van der Waals surface area contributed by atoms with Crippen LogP contribution in [0.2, 0.25) is 10.0 Å². The smallest absolute Gasteiger partial charge is 0.289 e. The number of hydrogen-bond acceptors (Lipinski definition) is 6. The third kappa shape index (κ3) is 9.02. The predicted octanol–water partition coefficient (Wildman–Crippen LogP) is 6.90. The van der Waals surface area contributed by atoms with Crippen molar-refractivity contribution in [1.29, 1.82) is 0 Å². The number of alkyl halides is 1. The Morgan fingerprint density at radius 1 is 0.935 bits per heavy atom. The van der Waals surface area contributed by atoms with Gasteiger partial charge in [0.1, 0.15) is 11.5 Å². The van der Waals surface area contributed by atoms with Gasteiger partial charge in [0.2, 0.25) is 5.91 Å². The van der Waals surface area contributed by atoms with Crippen LogP contribution < -0.4 is 9.47 Å². The molecule has 0 N–H and O–H groups in total. The molecular weight excluding hydrogens is 641 g/mol. The summed E-state index contributed by atoms with van der Waals surface area (Å²) in [6.45, 7) is 6.24. The maximum atomic E-state index is 14.0. The Morgan fingerprint density at radius 3 is 1.83 bits per heavy atom. The van der Waals surface area contributed by atoms with E-state index in [0.29, 0.717) is 27.1 Å². The van der Waals surface area contributed by atoms with Gasteiger partial charge in [-0.05, 0) is 53.6 Å². The maximum absolute atomic E-state index is 14.0. The molecule has 3 aliphatic rings. The molecule has 2 saturated heterocycles. The zero-order valence-corrected chi connectivity index (χ0v) is 26.7. The fourth-order valence-corrected chi connectivity index (χ4v) is 4.83. The Morgan fingerprint density at radius 2 is 1.41 bits per heavy atom. The van der Waals surface area contributed by atoms with Gasteiger partial charge in [-0.15, -0.1) is 0 Å². The van der Waals surface area contributed by atoms with Crippen molar-refractivity contribution in [3.05, 3.63) is 119 Å². The maximum Gasteiger partial charge on any atom is 0.289 e. The van der Waals surface area contributed by atoms with Crippen LogP contribution >= 0.6 is 23.2 Å². The molecule has 4 amide bonds. The fraction of sp³-hybridized carbons (Fsp3) is 0.235. The number of piperidine rings is 2. The van der Waals surface area contributed by atoms with Crippen molar-refractivity contribution in [2.75, 3.05) is 14.2 Å². The Hall–Kier alpha value is -4.54. The van der Waals surface area contributed by atoms with E-state index >= 15 is 0 Å². The minimum Gasteiger partial charge on any atom is -0.497 e. The molecule has 0 atom stereocenters. The van der Waals surface area contributed by atoms with Crippen molar-refractivity contribution in [3.8, 4) is 11.5 Å². The summed E-state index contributed by atoms with van der Waals surface area (Å²) in [7, 11) is 3.09. The van der Waals surface area contributed by atoms with Crippen molar-refractivity contribution >= 4 is 46.8 Å². The van der Waals surface area contributed by atoms with Crippen LogP contribution in [0.1, 0.15) is 24.0 Å². The summed E-state index contributed by atoms with van der Waals surface area (Å²) in [4.78, 5) is 48.7. The lowest BCUT2D eigenvalue weighted by atomic mass is 9.67. The van der Waals surface area contributed by atoms with E-state index in [2.05, 4.69) is 13.2 Å². The molecule has 3 aromatic rings. The third-order valence-corrected chi connectivity index (χ3v) is 7.88. The summed E-state index contributed by atoms with van der Waals surface area (Å²) < 4.78 is 36.9. The molecule has 0 spiro atoms. The first kappa shape index (κ1) is 35.9. The summed E-state index contributed by atoms with van der Waals surface area (Å²) in [5, 5.41) is 1.21. The molecule has 3 fully saturated rings. The SMILES string of the molecule is C=CC(=O)N(Cc1ccc(OC)cc1)C(=O)C(=C)F.COc1ccc(CN2C(=O)C3CC(F)(C3)C2=O)cc1.Clc1ccccc1Cl. The number of nitrogens with zero attached hydrogens (tertiary/aromatic N) is 2. The molecule has 2 aliphatic heterocycles. The number of carbonyl (C=O) groups excluding carboxylic acids is 4. The van der Waals surface area contributed by atoms with E-state index < -0.39 is 29.2 Å². The van der Waals surface area contributed by atoms with Gasteiger partial charge in [-0.25, -0.2) is 8.78 Å². The highest BCUT2D eigenvalue weighted by Gasteiger charge is 2.61. The zero-order chi connectivity index (χ0) is 34.0. The molecule has 2 heterocycles. The van der Waals surface area contributed by atoms with Crippen LogP contribution in [0.25, 0.3) is 0 Å². The van der Waals surface area contributed by atoms with Crippen LogP contribution in [0.15, 0.2) is 97.9 Å². The highest BCUT2D eigenvalue weighted by molar-refractivity contribution is 6.41. The van der Waals surface area contributed by atoms with E-state index in [1.165, 1.54) is 7.11 Å². The Balaban J connectivity index is 0.000000203. The molecule has 0 aromatic heterocycles. The van der Waals surface area contributed by atoms with Gasteiger partial charge in [0.25, 0.3) is 17.7 Å². The Bertz CT molecular complexity index is 1570. The van der Waals surface area contributed by atoms with Gasteiger partial charge in [-0.2, -0.15) is 0 Å². The normalized spacial score (nSPS) is 17.6. The fourth-order valence-electron chi connectivity index (χ4n) is 4.56. The molecule has 0 radical (unpaired) electrons. The first-order valence-corrected chi connectivity index (χ1v) is 14.6. The number of methoxy groups -OCH3 is 2. The van der Waals surface area contributed by atoms with Crippen LogP contribution in [0.3, 0.4) is 0 Å². The minimum atomic E-state index is -1.80. The van der Waals surface area contributed by atoms with Gasteiger partial charge in [0, 0.05) is 18.8 Å². The largest absolute Gasteiger partial charge is 0.497 e. The molecule has 8 nitrogen and oxygen atoms in total. The van der Waals surface area contributed by atoms with Gasteiger partial charge in [-0.3, -0.25) is 29.0 Å².